The minimum Gasteiger partial charge on any atom is -0.479 e. The molecular formula is C15H10ClN3O2. The molecule has 0 unspecified atom stereocenters. The molecule has 104 valence electrons. The zero-order valence-electron chi connectivity index (χ0n) is 10.8. The van der Waals surface area contributed by atoms with Crippen molar-refractivity contribution in [1.29, 1.82) is 0 Å². The Morgan fingerprint density at radius 1 is 1.10 bits per heavy atom. The number of hydrogen-bond donors (Lipinski definition) is 1. The van der Waals surface area contributed by atoms with E-state index in [1.165, 1.54) is 6.21 Å². The summed E-state index contributed by atoms with van der Waals surface area (Å²) < 4.78 is 5.23. The molecule has 2 heterocycles. The van der Waals surface area contributed by atoms with Crippen molar-refractivity contribution < 1.29 is 9.52 Å². The van der Waals surface area contributed by atoms with Crippen molar-refractivity contribution in [2.45, 2.75) is 0 Å². The van der Waals surface area contributed by atoms with Crippen molar-refractivity contribution >= 4 is 23.5 Å². The maximum absolute atomic E-state index is 9.77. The molecular weight excluding hydrogens is 290 g/mol. The van der Waals surface area contributed by atoms with Crippen molar-refractivity contribution in [2.24, 2.45) is 4.99 Å². The zero-order valence-corrected chi connectivity index (χ0v) is 11.5. The summed E-state index contributed by atoms with van der Waals surface area (Å²) in [6.07, 6.45) is 4.70. The van der Waals surface area contributed by atoms with E-state index in [1.54, 1.807) is 48.8 Å². The van der Waals surface area contributed by atoms with Crippen LogP contribution in [-0.4, -0.2) is 21.3 Å². The number of aliphatic imine (C=N–C) groups is 1. The number of aromatic nitrogens is 2. The van der Waals surface area contributed by atoms with Gasteiger partial charge in [0.1, 0.15) is 0 Å². The molecule has 6 heteroatoms. The third-order valence-electron chi connectivity index (χ3n) is 2.72. The fourth-order valence-electron chi connectivity index (χ4n) is 1.69. The van der Waals surface area contributed by atoms with Crippen molar-refractivity contribution in [3.8, 4) is 17.4 Å². The summed E-state index contributed by atoms with van der Waals surface area (Å²) in [7, 11) is 0. The highest BCUT2D eigenvalue weighted by Gasteiger charge is 2.12. The van der Waals surface area contributed by atoms with Crippen molar-refractivity contribution in [1.82, 2.24) is 9.97 Å². The molecule has 0 bridgehead atoms. The molecule has 0 aliphatic heterocycles. The van der Waals surface area contributed by atoms with Crippen LogP contribution in [0.4, 0.5) is 5.69 Å². The lowest BCUT2D eigenvalue weighted by Gasteiger charge is -1.93. The van der Waals surface area contributed by atoms with Gasteiger partial charge >= 0.3 is 5.95 Å². The number of hydrogen-bond acceptors (Lipinski definition) is 5. The molecule has 0 aliphatic rings. The van der Waals surface area contributed by atoms with Crippen LogP contribution in [0.15, 0.2) is 58.2 Å². The minimum atomic E-state index is -0.280. The maximum Gasteiger partial charge on any atom is 0.312 e. The van der Waals surface area contributed by atoms with Gasteiger partial charge in [0.15, 0.2) is 5.69 Å². The molecule has 0 saturated carbocycles. The van der Waals surface area contributed by atoms with Crippen LogP contribution in [0.1, 0.15) is 5.69 Å². The van der Waals surface area contributed by atoms with E-state index < -0.39 is 0 Å². The van der Waals surface area contributed by atoms with E-state index in [4.69, 9.17) is 16.0 Å². The molecule has 2 aromatic heterocycles. The summed E-state index contributed by atoms with van der Waals surface area (Å²) in [5.41, 5.74) is 1.69. The Hall–Kier alpha value is -2.66. The molecule has 0 spiro atoms. The Morgan fingerprint density at radius 3 is 2.52 bits per heavy atom. The van der Waals surface area contributed by atoms with Crippen LogP contribution >= 0.6 is 11.6 Å². The first-order valence-electron chi connectivity index (χ1n) is 6.12. The lowest BCUT2D eigenvalue weighted by atomic mass is 10.2. The fourth-order valence-corrected chi connectivity index (χ4v) is 1.82. The first-order valence-corrected chi connectivity index (χ1v) is 6.50. The summed E-state index contributed by atoms with van der Waals surface area (Å²) in [6, 6.07) is 10.5. The summed E-state index contributed by atoms with van der Waals surface area (Å²) in [6.45, 7) is 0. The number of rotatable bonds is 3. The summed E-state index contributed by atoms with van der Waals surface area (Å²) >= 11 is 5.83. The predicted molar refractivity (Wildman–Crippen MR) is 80.1 cm³/mol. The number of benzene rings is 1. The van der Waals surface area contributed by atoms with Crippen LogP contribution in [0.5, 0.6) is 5.95 Å². The first-order chi connectivity index (χ1) is 10.2. The highest BCUT2D eigenvalue weighted by Crippen LogP contribution is 2.26. The Morgan fingerprint density at radius 2 is 1.81 bits per heavy atom. The number of oxazole rings is 1. The lowest BCUT2D eigenvalue weighted by Crippen LogP contribution is -1.82. The quantitative estimate of drug-likeness (QED) is 0.746. The average Bonchev–Trinajstić information content (AvgIpc) is 2.88. The monoisotopic (exact) mass is 299 g/mol. The summed E-state index contributed by atoms with van der Waals surface area (Å²) in [5.74, 6) is 0.0260. The topological polar surface area (TPSA) is 71.5 Å². The molecule has 3 rings (SSSR count). The third-order valence-corrected chi connectivity index (χ3v) is 2.98. The third kappa shape index (κ3) is 3.09. The van der Waals surface area contributed by atoms with Gasteiger partial charge in [-0.15, -0.1) is 0 Å². The highest BCUT2D eigenvalue weighted by molar-refractivity contribution is 6.30. The number of pyridine rings is 1. The number of halogens is 1. The standard InChI is InChI=1S/C15H10ClN3O2/c16-11-3-1-10(2-4-11)14-19-13(15(20)21-14)9-18-12-5-7-17-8-6-12/h1-9,20H. The summed E-state index contributed by atoms with van der Waals surface area (Å²) in [5, 5.41) is 10.4. The molecule has 0 saturated heterocycles. The second-order valence-electron chi connectivity index (χ2n) is 4.18. The fraction of sp³-hybridized carbons (Fsp3) is 0. The van der Waals surface area contributed by atoms with Gasteiger partial charge in [0.25, 0.3) is 0 Å². The lowest BCUT2D eigenvalue weighted by molar-refractivity contribution is 0.337. The summed E-state index contributed by atoms with van der Waals surface area (Å²) in [4.78, 5) is 12.3. The second kappa shape index (κ2) is 5.76. The van der Waals surface area contributed by atoms with Crippen LogP contribution in [0, 0.1) is 0 Å². The normalized spacial score (nSPS) is 11.1. The Kier molecular flexibility index (Phi) is 3.66. The second-order valence-corrected chi connectivity index (χ2v) is 4.62. The smallest absolute Gasteiger partial charge is 0.312 e. The predicted octanol–water partition coefficient (Wildman–Crippen LogP) is 3.85. The largest absolute Gasteiger partial charge is 0.479 e. The first kappa shape index (κ1) is 13.3. The Labute approximate surface area is 125 Å². The molecule has 1 N–H and O–H groups in total. The molecule has 3 aromatic rings. The van der Waals surface area contributed by atoms with Gasteiger partial charge in [-0.1, -0.05) is 11.6 Å². The Bertz CT molecular complexity index is 767. The molecule has 0 amide bonds. The van der Waals surface area contributed by atoms with Gasteiger partial charge in [0.05, 0.1) is 11.9 Å². The molecule has 0 atom stereocenters. The van der Waals surface area contributed by atoms with Gasteiger partial charge in [0, 0.05) is 23.0 Å². The molecule has 21 heavy (non-hydrogen) atoms. The van der Waals surface area contributed by atoms with Crippen LogP contribution < -0.4 is 0 Å². The van der Waals surface area contributed by atoms with E-state index in [2.05, 4.69) is 15.0 Å². The van der Waals surface area contributed by atoms with Gasteiger partial charge in [-0.2, -0.15) is 0 Å². The molecule has 5 nitrogen and oxygen atoms in total. The Balaban J connectivity index is 1.88. The maximum atomic E-state index is 9.77. The van der Waals surface area contributed by atoms with Crippen LogP contribution in [0.25, 0.3) is 11.5 Å². The number of nitrogens with zero attached hydrogens (tertiary/aromatic N) is 3. The van der Waals surface area contributed by atoms with Crippen LogP contribution in [0.3, 0.4) is 0 Å². The van der Waals surface area contributed by atoms with Crippen molar-refractivity contribution in [3.63, 3.8) is 0 Å². The van der Waals surface area contributed by atoms with E-state index in [-0.39, 0.29) is 11.6 Å². The SMILES string of the molecule is Oc1oc(-c2ccc(Cl)cc2)nc1C=Nc1ccncc1. The van der Waals surface area contributed by atoms with Crippen molar-refractivity contribution in [3.05, 3.63) is 59.5 Å². The van der Waals surface area contributed by atoms with Gasteiger partial charge in [-0.3, -0.25) is 9.98 Å². The molecule has 0 fully saturated rings. The molecule has 1 aromatic carbocycles. The van der Waals surface area contributed by atoms with Gasteiger partial charge in [-0.25, -0.2) is 4.98 Å². The average molecular weight is 300 g/mol. The van der Waals surface area contributed by atoms with E-state index in [0.29, 0.717) is 16.6 Å². The molecule has 0 aliphatic carbocycles. The van der Waals surface area contributed by atoms with Gasteiger partial charge < -0.3 is 9.52 Å². The van der Waals surface area contributed by atoms with E-state index in [9.17, 15) is 5.11 Å². The minimum absolute atomic E-state index is 0.261. The van der Waals surface area contributed by atoms with Crippen LogP contribution in [0.2, 0.25) is 5.02 Å². The van der Waals surface area contributed by atoms with E-state index in [0.717, 1.165) is 5.56 Å². The van der Waals surface area contributed by atoms with Gasteiger partial charge in [0.2, 0.25) is 5.89 Å². The zero-order chi connectivity index (χ0) is 14.7. The molecule has 0 radical (unpaired) electrons. The highest BCUT2D eigenvalue weighted by atomic mass is 35.5. The van der Waals surface area contributed by atoms with Crippen molar-refractivity contribution in [2.75, 3.05) is 0 Å². The van der Waals surface area contributed by atoms with E-state index >= 15 is 0 Å². The van der Waals surface area contributed by atoms with Gasteiger partial charge in [-0.05, 0) is 36.4 Å². The number of aromatic hydroxyl groups is 1. The van der Waals surface area contributed by atoms with E-state index in [1.807, 2.05) is 0 Å². The van der Waals surface area contributed by atoms with Crippen LogP contribution in [-0.2, 0) is 0 Å².